The number of rotatable bonds is 6. The Bertz CT molecular complexity index is 567. The lowest BCUT2D eigenvalue weighted by molar-refractivity contribution is 0.482. The van der Waals surface area contributed by atoms with Crippen LogP contribution >= 0.6 is 15.9 Å². The van der Waals surface area contributed by atoms with Crippen LogP contribution in [0.4, 0.5) is 4.39 Å². The third kappa shape index (κ3) is 3.49. The quantitative estimate of drug-likeness (QED) is 0.829. The number of benzene rings is 1. The van der Waals surface area contributed by atoms with Gasteiger partial charge in [-0.3, -0.25) is 0 Å². The fraction of sp³-hybridized carbons (Fsp3) is 0.375. The zero-order valence-corrected chi connectivity index (χ0v) is 13.3. The molecule has 0 aliphatic carbocycles. The fourth-order valence-electron chi connectivity index (χ4n) is 2.41. The summed E-state index contributed by atoms with van der Waals surface area (Å²) in [6.07, 6.45) is 3.15. The van der Waals surface area contributed by atoms with Crippen molar-refractivity contribution in [2.24, 2.45) is 0 Å². The first kappa shape index (κ1) is 15.3. The molecule has 0 saturated heterocycles. The summed E-state index contributed by atoms with van der Waals surface area (Å²) in [5.41, 5.74) is 1.82. The van der Waals surface area contributed by atoms with Gasteiger partial charge in [-0.25, -0.2) is 4.39 Å². The van der Waals surface area contributed by atoms with E-state index in [4.69, 9.17) is 4.42 Å². The molecule has 0 aliphatic heterocycles. The van der Waals surface area contributed by atoms with E-state index in [9.17, 15) is 4.39 Å². The first-order valence-electron chi connectivity index (χ1n) is 6.89. The van der Waals surface area contributed by atoms with Crippen molar-refractivity contribution in [1.82, 2.24) is 5.32 Å². The Labute approximate surface area is 127 Å². The molecular formula is C16H19BrFNO. The third-order valence-electron chi connectivity index (χ3n) is 3.36. The Balaban J connectivity index is 2.27. The molecule has 1 atom stereocenters. The molecule has 1 aromatic carbocycles. The monoisotopic (exact) mass is 339 g/mol. The van der Waals surface area contributed by atoms with Gasteiger partial charge in [0.25, 0.3) is 0 Å². The predicted octanol–water partition coefficient (Wildman–Crippen LogP) is 4.64. The van der Waals surface area contributed by atoms with Crippen molar-refractivity contribution < 1.29 is 8.81 Å². The maximum absolute atomic E-state index is 13.9. The number of hydrogen-bond acceptors (Lipinski definition) is 2. The molecule has 1 aromatic heterocycles. The van der Waals surface area contributed by atoms with Gasteiger partial charge in [0.05, 0.1) is 6.26 Å². The molecule has 0 saturated carbocycles. The number of aryl methyl sites for hydroxylation is 1. The van der Waals surface area contributed by atoms with E-state index in [1.165, 1.54) is 6.07 Å². The van der Waals surface area contributed by atoms with Crippen LogP contribution in [0, 0.1) is 5.82 Å². The van der Waals surface area contributed by atoms with E-state index in [-0.39, 0.29) is 11.9 Å². The Morgan fingerprint density at radius 2 is 2.10 bits per heavy atom. The lowest BCUT2D eigenvalue weighted by atomic mass is 9.98. The van der Waals surface area contributed by atoms with Crippen molar-refractivity contribution in [3.05, 3.63) is 57.7 Å². The minimum absolute atomic E-state index is 0.0671. The second-order valence-corrected chi connectivity index (χ2v) is 5.62. The summed E-state index contributed by atoms with van der Waals surface area (Å²) in [5.74, 6) is 0.795. The normalized spacial score (nSPS) is 12.6. The van der Waals surface area contributed by atoms with Gasteiger partial charge in [-0.2, -0.15) is 0 Å². The van der Waals surface area contributed by atoms with Crippen LogP contribution < -0.4 is 5.32 Å². The molecule has 0 spiro atoms. The van der Waals surface area contributed by atoms with E-state index in [1.54, 1.807) is 12.3 Å². The molecule has 4 heteroatoms. The van der Waals surface area contributed by atoms with Gasteiger partial charge in [0.2, 0.25) is 0 Å². The highest BCUT2D eigenvalue weighted by Gasteiger charge is 2.18. The minimum atomic E-state index is -0.169. The number of nitrogens with one attached hydrogen (secondary N) is 1. The first-order chi connectivity index (χ1) is 9.65. The molecule has 2 nitrogen and oxygen atoms in total. The van der Waals surface area contributed by atoms with Crippen LogP contribution in [-0.2, 0) is 12.8 Å². The van der Waals surface area contributed by atoms with E-state index in [1.807, 2.05) is 12.1 Å². The molecule has 1 heterocycles. The van der Waals surface area contributed by atoms with Crippen LogP contribution in [0.5, 0.6) is 0 Å². The number of furan rings is 1. The second-order valence-electron chi connectivity index (χ2n) is 4.70. The van der Waals surface area contributed by atoms with Gasteiger partial charge in [-0.05, 0) is 42.8 Å². The number of likely N-dealkylation sites (N-methyl/N-ethyl adjacent to an activating group) is 1. The molecule has 1 unspecified atom stereocenters. The maximum atomic E-state index is 13.9. The summed E-state index contributed by atoms with van der Waals surface area (Å²) in [4.78, 5) is 0. The van der Waals surface area contributed by atoms with Gasteiger partial charge in [0.1, 0.15) is 11.6 Å². The van der Waals surface area contributed by atoms with E-state index >= 15 is 0 Å². The molecule has 0 aliphatic rings. The number of halogens is 2. The summed E-state index contributed by atoms with van der Waals surface area (Å²) in [6, 6.07) is 7.10. The Hall–Kier alpha value is -1.13. The SMILES string of the molecule is CCNC(Cc1cc(Br)ccc1F)c1ccoc1CC. The van der Waals surface area contributed by atoms with Gasteiger partial charge >= 0.3 is 0 Å². The van der Waals surface area contributed by atoms with Crippen LogP contribution in [0.25, 0.3) is 0 Å². The zero-order chi connectivity index (χ0) is 14.5. The minimum Gasteiger partial charge on any atom is -0.469 e. The standard InChI is InChI=1S/C16H19BrFNO/c1-3-16-13(7-8-20-16)15(19-4-2)10-11-9-12(17)5-6-14(11)18/h5-9,15,19H,3-4,10H2,1-2H3. The van der Waals surface area contributed by atoms with Crippen molar-refractivity contribution in [3.63, 3.8) is 0 Å². The van der Waals surface area contributed by atoms with Crippen LogP contribution in [0.1, 0.15) is 36.8 Å². The van der Waals surface area contributed by atoms with Crippen LogP contribution in [0.2, 0.25) is 0 Å². The molecule has 20 heavy (non-hydrogen) atoms. The highest BCUT2D eigenvalue weighted by Crippen LogP contribution is 2.26. The predicted molar refractivity (Wildman–Crippen MR) is 82.3 cm³/mol. The summed E-state index contributed by atoms with van der Waals surface area (Å²) in [5, 5.41) is 3.41. The van der Waals surface area contributed by atoms with Crippen LogP contribution in [-0.4, -0.2) is 6.54 Å². The van der Waals surface area contributed by atoms with Gasteiger partial charge in [-0.1, -0.05) is 29.8 Å². The van der Waals surface area contributed by atoms with Gasteiger partial charge in [-0.15, -0.1) is 0 Å². The van der Waals surface area contributed by atoms with Gasteiger partial charge in [0, 0.05) is 22.5 Å². The van der Waals surface area contributed by atoms with Crippen molar-refractivity contribution >= 4 is 15.9 Å². The van der Waals surface area contributed by atoms with Gasteiger partial charge < -0.3 is 9.73 Å². The Kier molecular flexibility index (Phi) is 5.38. The molecule has 0 fully saturated rings. The highest BCUT2D eigenvalue weighted by atomic mass is 79.9. The average Bonchev–Trinajstić information content (AvgIpc) is 2.90. The van der Waals surface area contributed by atoms with E-state index in [0.29, 0.717) is 12.0 Å². The molecule has 0 radical (unpaired) electrons. The molecule has 0 bridgehead atoms. The fourth-order valence-corrected chi connectivity index (χ4v) is 2.82. The van der Waals surface area contributed by atoms with E-state index in [0.717, 1.165) is 28.8 Å². The van der Waals surface area contributed by atoms with Crippen molar-refractivity contribution in [2.75, 3.05) is 6.54 Å². The zero-order valence-electron chi connectivity index (χ0n) is 11.7. The van der Waals surface area contributed by atoms with Crippen LogP contribution in [0.15, 0.2) is 39.4 Å². The molecule has 1 N–H and O–H groups in total. The smallest absolute Gasteiger partial charge is 0.126 e. The maximum Gasteiger partial charge on any atom is 0.126 e. The average molecular weight is 340 g/mol. The summed E-state index contributed by atoms with van der Waals surface area (Å²) in [7, 11) is 0. The van der Waals surface area contributed by atoms with Crippen molar-refractivity contribution in [2.45, 2.75) is 32.7 Å². The summed E-state index contributed by atoms with van der Waals surface area (Å²) >= 11 is 3.40. The molecule has 0 amide bonds. The molecule has 2 aromatic rings. The first-order valence-corrected chi connectivity index (χ1v) is 7.68. The molecule has 108 valence electrons. The van der Waals surface area contributed by atoms with E-state index < -0.39 is 0 Å². The summed E-state index contributed by atoms with van der Waals surface area (Å²) < 4.78 is 20.3. The Morgan fingerprint density at radius 3 is 2.80 bits per heavy atom. The largest absolute Gasteiger partial charge is 0.469 e. The van der Waals surface area contributed by atoms with Crippen molar-refractivity contribution in [1.29, 1.82) is 0 Å². The van der Waals surface area contributed by atoms with Crippen LogP contribution in [0.3, 0.4) is 0 Å². The summed E-state index contributed by atoms with van der Waals surface area (Å²) in [6.45, 7) is 4.94. The lowest BCUT2D eigenvalue weighted by Crippen LogP contribution is -2.23. The topological polar surface area (TPSA) is 25.2 Å². The molecular weight excluding hydrogens is 321 g/mol. The third-order valence-corrected chi connectivity index (χ3v) is 3.85. The van der Waals surface area contributed by atoms with E-state index in [2.05, 4.69) is 35.1 Å². The molecule has 2 rings (SSSR count). The highest BCUT2D eigenvalue weighted by molar-refractivity contribution is 9.10. The second kappa shape index (κ2) is 7.04. The van der Waals surface area contributed by atoms with Crippen molar-refractivity contribution in [3.8, 4) is 0 Å². The van der Waals surface area contributed by atoms with Gasteiger partial charge in [0.15, 0.2) is 0 Å². The number of hydrogen-bond donors (Lipinski definition) is 1. The Morgan fingerprint density at radius 1 is 1.30 bits per heavy atom. The lowest BCUT2D eigenvalue weighted by Gasteiger charge is -2.18.